The van der Waals surface area contributed by atoms with Crippen molar-refractivity contribution in [3.05, 3.63) is 58.7 Å². The lowest BCUT2D eigenvalue weighted by molar-refractivity contribution is -0.112. The Kier molecular flexibility index (Phi) is 5.32. The van der Waals surface area contributed by atoms with E-state index < -0.39 is 11.9 Å². The number of methoxy groups -OCH3 is 1. The van der Waals surface area contributed by atoms with Crippen molar-refractivity contribution in [3.8, 4) is 17.6 Å². The number of nitrogens with one attached hydrogen (secondary N) is 1. The molecule has 0 radical (unpaired) electrons. The van der Waals surface area contributed by atoms with Crippen LogP contribution in [0.15, 0.2) is 42.0 Å². The number of amides is 1. The number of carbonyl (C=O) groups is 2. The lowest BCUT2D eigenvalue weighted by Gasteiger charge is -2.10. The summed E-state index contributed by atoms with van der Waals surface area (Å²) in [4.78, 5) is 23.4. The molecule has 2 N–H and O–H groups in total. The molecule has 142 valence electrons. The monoisotopic (exact) mass is 378 g/mol. The summed E-state index contributed by atoms with van der Waals surface area (Å²) in [5.74, 6) is -0.408. The van der Waals surface area contributed by atoms with Crippen molar-refractivity contribution in [1.82, 2.24) is 0 Å². The highest BCUT2D eigenvalue weighted by atomic mass is 16.5. The number of ether oxygens (including phenoxy) is 2. The van der Waals surface area contributed by atoms with Gasteiger partial charge in [0.1, 0.15) is 29.2 Å². The molecule has 0 aromatic heterocycles. The highest BCUT2D eigenvalue weighted by molar-refractivity contribution is 6.10. The Bertz CT molecular complexity index is 1000. The molecule has 2 aromatic rings. The predicted molar refractivity (Wildman–Crippen MR) is 102 cm³/mol. The summed E-state index contributed by atoms with van der Waals surface area (Å²) < 4.78 is 11.1. The Morgan fingerprint density at radius 3 is 2.64 bits per heavy atom. The quantitative estimate of drug-likeness (QED) is 0.611. The minimum atomic E-state index is -1.06. The zero-order valence-electron chi connectivity index (χ0n) is 15.4. The third-order valence-electron chi connectivity index (χ3n) is 4.28. The number of hydrogen-bond acceptors (Lipinski definition) is 5. The van der Waals surface area contributed by atoms with Gasteiger partial charge in [-0.15, -0.1) is 0 Å². The van der Waals surface area contributed by atoms with Gasteiger partial charge in [0.25, 0.3) is 5.91 Å². The number of fused-ring (bicyclic) bond motifs is 1. The maximum atomic E-state index is 12.5. The number of carbonyl (C=O) groups excluding carboxylic acids is 1. The summed E-state index contributed by atoms with van der Waals surface area (Å²) in [5.41, 5.74) is 1.93. The van der Waals surface area contributed by atoms with E-state index >= 15 is 0 Å². The summed E-state index contributed by atoms with van der Waals surface area (Å²) in [7, 11) is 1.55. The molecule has 1 heterocycles. The van der Waals surface area contributed by atoms with E-state index in [1.807, 2.05) is 19.1 Å². The number of carboxylic acids is 1. The molecule has 7 heteroatoms. The van der Waals surface area contributed by atoms with Crippen molar-refractivity contribution in [3.63, 3.8) is 0 Å². The zero-order valence-corrected chi connectivity index (χ0v) is 15.4. The SMILES string of the molecule is COc1cc(/C=C(\C#N)C(=O)Nc2ccc(C(=O)O)cc2)c2c(c1)C[C@H](C)O2. The first kappa shape index (κ1) is 19.0. The Labute approximate surface area is 161 Å². The highest BCUT2D eigenvalue weighted by Gasteiger charge is 2.23. The predicted octanol–water partition coefficient (Wildman–Crippen LogP) is 3.26. The third kappa shape index (κ3) is 3.96. The standard InChI is InChI=1S/C21H18N2O5/c1-12-7-14-9-18(27-2)10-15(19(14)28-12)8-16(11-22)20(24)23-17-5-3-13(4-6-17)21(25)26/h3-6,8-10,12H,7H2,1-2H3,(H,23,24)(H,25,26)/b16-8+/t12-/m0/s1. The fourth-order valence-corrected chi connectivity index (χ4v) is 2.95. The summed E-state index contributed by atoms with van der Waals surface area (Å²) in [6.45, 7) is 1.94. The molecule has 0 saturated heterocycles. The van der Waals surface area contributed by atoms with E-state index in [-0.39, 0.29) is 17.2 Å². The minimum Gasteiger partial charge on any atom is -0.497 e. The van der Waals surface area contributed by atoms with E-state index in [9.17, 15) is 14.9 Å². The second-order valence-electron chi connectivity index (χ2n) is 6.34. The van der Waals surface area contributed by atoms with Crippen molar-refractivity contribution in [1.29, 1.82) is 5.26 Å². The van der Waals surface area contributed by atoms with E-state index in [2.05, 4.69) is 5.32 Å². The van der Waals surface area contributed by atoms with E-state index in [1.54, 1.807) is 13.2 Å². The van der Waals surface area contributed by atoms with Gasteiger partial charge < -0.3 is 19.9 Å². The molecule has 3 rings (SSSR count). The Hall–Kier alpha value is -3.79. The molecule has 0 fully saturated rings. The Morgan fingerprint density at radius 1 is 1.32 bits per heavy atom. The second-order valence-corrected chi connectivity index (χ2v) is 6.34. The summed E-state index contributed by atoms with van der Waals surface area (Å²) in [6, 6.07) is 11.2. The number of aromatic carboxylic acids is 1. The molecule has 0 saturated carbocycles. The van der Waals surface area contributed by atoms with Gasteiger partial charge in [0, 0.05) is 23.2 Å². The van der Waals surface area contributed by atoms with E-state index in [0.717, 1.165) is 12.0 Å². The van der Waals surface area contributed by atoms with Gasteiger partial charge in [0.05, 0.1) is 12.7 Å². The summed E-state index contributed by atoms with van der Waals surface area (Å²) in [5, 5.41) is 21.0. The van der Waals surface area contributed by atoms with Gasteiger partial charge in [-0.05, 0) is 49.4 Å². The van der Waals surface area contributed by atoms with Gasteiger partial charge in [0.2, 0.25) is 0 Å². The zero-order chi connectivity index (χ0) is 20.3. The van der Waals surface area contributed by atoms with E-state index in [1.165, 1.54) is 30.3 Å². The van der Waals surface area contributed by atoms with Gasteiger partial charge in [0.15, 0.2) is 0 Å². The number of hydrogen-bond donors (Lipinski definition) is 2. The van der Waals surface area contributed by atoms with Crippen LogP contribution in [0.1, 0.15) is 28.4 Å². The fraction of sp³-hybridized carbons (Fsp3) is 0.190. The average Bonchev–Trinajstić information content (AvgIpc) is 3.06. The van der Waals surface area contributed by atoms with Crippen LogP contribution in [0.4, 0.5) is 5.69 Å². The normalized spacial score (nSPS) is 15.2. The van der Waals surface area contributed by atoms with Gasteiger partial charge in [-0.1, -0.05) is 0 Å². The van der Waals surface area contributed by atoms with Gasteiger partial charge in [-0.3, -0.25) is 4.79 Å². The molecule has 0 spiro atoms. The lowest BCUT2D eigenvalue weighted by atomic mass is 10.0. The average molecular weight is 378 g/mol. The molecule has 7 nitrogen and oxygen atoms in total. The molecule has 0 bridgehead atoms. The first-order valence-corrected chi connectivity index (χ1v) is 8.55. The van der Waals surface area contributed by atoms with Crippen molar-refractivity contribution in [2.45, 2.75) is 19.4 Å². The van der Waals surface area contributed by atoms with Gasteiger partial charge >= 0.3 is 5.97 Å². The number of anilines is 1. The number of rotatable bonds is 5. The lowest BCUT2D eigenvalue weighted by Crippen LogP contribution is -2.13. The van der Waals surface area contributed by atoms with Crippen molar-refractivity contribution < 1.29 is 24.2 Å². The minimum absolute atomic E-state index is 0.00127. The highest BCUT2D eigenvalue weighted by Crippen LogP contribution is 2.37. The van der Waals surface area contributed by atoms with E-state index in [4.69, 9.17) is 14.6 Å². The maximum absolute atomic E-state index is 12.5. The molecule has 0 unspecified atom stereocenters. The van der Waals surface area contributed by atoms with Crippen LogP contribution in [0.5, 0.6) is 11.5 Å². The molecule has 0 aliphatic carbocycles. The topological polar surface area (TPSA) is 109 Å². The number of nitrogens with zero attached hydrogens (tertiary/aromatic N) is 1. The van der Waals surface area contributed by atoms with Crippen LogP contribution in [-0.2, 0) is 11.2 Å². The molecular weight excluding hydrogens is 360 g/mol. The number of benzene rings is 2. The number of nitriles is 1. The Balaban J connectivity index is 1.88. The van der Waals surface area contributed by atoms with Crippen LogP contribution in [0, 0.1) is 11.3 Å². The maximum Gasteiger partial charge on any atom is 0.335 e. The van der Waals surface area contributed by atoms with Gasteiger partial charge in [-0.25, -0.2) is 4.79 Å². The van der Waals surface area contributed by atoms with E-state index in [0.29, 0.717) is 22.7 Å². The molecule has 28 heavy (non-hydrogen) atoms. The number of carboxylic acid groups (broad SMARTS) is 1. The van der Waals surface area contributed by atoms with Crippen LogP contribution in [0.2, 0.25) is 0 Å². The second kappa shape index (κ2) is 7.84. The van der Waals surface area contributed by atoms with Crippen LogP contribution in [0.25, 0.3) is 6.08 Å². The van der Waals surface area contributed by atoms with Gasteiger partial charge in [-0.2, -0.15) is 5.26 Å². The molecule has 1 aliphatic rings. The molecular formula is C21H18N2O5. The molecule has 1 amide bonds. The van der Waals surface area contributed by atoms with Crippen LogP contribution in [0.3, 0.4) is 0 Å². The molecule has 2 aromatic carbocycles. The van der Waals surface area contributed by atoms with Crippen molar-refractivity contribution in [2.75, 3.05) is 12.4 Å². The largest absolute Gasteiger partial charge is 0.497 e. The van der Waals surface area contributed by atoms with Crippen LogP contribution in [-0.4, -0.2) is 30.2 Å². The first-order valence-electron chi connectivity index (χ1n) is 8.55. The first-order chi connectivity index (χ1) is 13.4. The molecule has 1 aliphatic heterocycles. The summed E-state index contributed by atoms with van der Waals surface area (Å²) >= 11 is 0. The fourth-order valence-electron chi connectivity index (χ4n) is 2.95. The summed E-state index contributed by atoms with van der Waals surface area (Å²) in [6.07, 6.45) is 2.18. The third-order valence-corrected chi connectivity index (χ3v) is 4.28. The molecule has 1 atom stereocenters. The van der Waals surface area contributed by atoms with Crippen LogP contribution < -0.4 is 14.8 Å². The smallest absolute Gasteiger partial charge is 0.335 e. The Morgan fingerprint density at radius 2 is 2.04 bits per heavy atom. The van der Waals surface area contributed by atoms with Crippen molar-refractivity contribution >= 4 is 23.6 Å². The van der Waals surface area contributed by atoms with Crippen molar-refractivity contribution in [2.24, 2.45) is 0 Å². The van der Waals surface area contributed by atoms with Crippen LogP contribution >= 0.6 is 0 Å².